The Kier molecular flexibility index (Phi) is 5.51. The summed E-state index contributed by atoms with van der Waals surface area (Å²) in [6.07, 6.45) is 0.192. The number of halogens is 1. The van der Waals surface area contributed by atoms with E-state index >= 15 is 0 Å². The van der Waals surface area contributed by atoms with Crippen molar-refractivity contribution in [3.8, 4) is 0 Å². The third-order valence-corrected chi connectivity index (χ3v) is 6.61. The molecule has 4 nitrogen and oxygen atoms in total. The van der Waals surface area contributed by atoms with Crippen LogP contribution in [-0.4, -0.2) is 50.1 Å². The van der Waals surface area contributed by atoms with Crippen LogP contribution in [0.4, 0.5) is 4.39 Å². The first-order valence-corrected chi connectivity index (χ1v) is 10.0. The lowest BCUT2D eigenvalue weighted by molar-refractivity contribution is 0.148. The molecule has 0 amide bonds. The Hall–Kier alpha value is -1.76. The summed E-state index contributed by atoms with van der Waals surface area (Å²) < 4.78 is 40.8. The number of nitrogens with zero attached hydrogens (tertiary/aromatic N) is 2. The average molecular weight is 362 g/mol. The molecule has 6 heteroatoms. The van der Waals surface area contributed by atoms with Crippen LogP contribution in [0.3, 0.4) is 0 Å². The second-order valence-electron chi connectivity index (χ2n) is 6.42. The molecule has 1 saturated heterocycles. The molecule has 2 aromatic carbocycles. The van der Waals surface area contributed by atoms with Crippen LogP contribution in [0.25, 0.3) is 0 Å². The third kappa shape index (κ3) is 4.26. The Morgan fingerprint density at radius 3 is 2.44 bits per heavy atom. The number of piperazine rings is 1. The molecule has 1 unspecified atom stereocenters. The lowest BCUT2D eigenvalue weighted by Crippen LogP contribution is -2.49. The fourth-order valence-electron chi connectivity index (χ4n) is 3.21. The van der Waals surface area contributed by atoms with E-state index in [4.69, 9.17) is 0 Å². The summed E-state index contributed by atoms with van der Waals surface area (Å²) in [6, 6.07) is 16.3. The maximum absolute atomic E-state index is 13.7. The van der Waals surface area contributed by atoms with Gasteiger partial charge in [0.15, 0.2) is 0 Å². The second-order valence-corrected chi connectivity index (χ2v) is 8.51. The van der Waals surface area contributed by atoms with E-state index in [-0.39, 0.29) is 24.0 Å². The number of hydrogen-bond donors (Lipinski definition) is 0. The van der Waals surface area contributed by atoms with Gasteiger partial charge in [-0.15, -0.1) is 0 Å². The predicted octanol–water partition coefficient (Wildman–Crippen LogP) is 2.69. The number of hydrogen-bond acceptors (Lipinski definition) is 3. The molecule has 1 heterocycles. The van der Waals surface area contributed by atoms with Gasteiger partial charge in [-0.3, -0.25) is 4.90 Å². The van der Waals surface area contributed by atoms with Crippen molar-refractivity contribution in [2.24, 2.45) is 0 Å². The molecule has 1 aliphatic rings. The number of sulfonamides is 1. The Bertz CT molecular complexity index is 811. The molecule has 1 atom stereocenters. The van der Waals surface area contributed by atoms with Crippen molar-refractivity contribution in [3.63, 3.8) is 0 Å². The van der Waals surface area contributed by atoms with Gasteiger partial charge in [0, 0.05) is 25.7 Å². The first kappa shape index (κ1) is 18.0. The Balaban J connectivity index is 1.70. The van der Waals surface area contributed by atoms with Crippen LogP contribution in [0.1, 0.15) is 17.2 Å². The quantitative estimate of drug-likeness (QED) is 0.821. The zero-order valence-electron chi connectivity index (χ0n) is 14.3. The SMILES string of the molecule is CN1CCN(S(=O)(=O)CCc2ccccc2F)CC1c1ccccc1. The van der Waals surface area contributed by atoms with E-state index in [0.29, 0.717) is 25.2 Å². The lowest BCUT2D eigenvalue weighted by Gasteiger charge is -2.39. The van der Waals surface area contributed by atoms with Crippen molar-refractivity contribution in [3.05, 3.63) is 71.5 Å². The maximum Gasteiger partial charge on any atom is 0.214 e. The number of rotatable bonds is 5. The summed E-state index contributed by atoms with van der Waals surface area (Å²) in [5.74, 6) is -0.419. The molecule has 2 aromatic rings. The molecule has 25 heavy (non-hydrogen) atoms. The highest BCUT2D eigenvalue weighted by molar-refractivity contribution is 7.89. The van der Waals surface area contributed by atoms with E-state index in [1.165, 1.54) is 6.07 Å². The molecule has 0 N–H and O–H groups in total. The minimum atomic E-state index is -3.42. The summed E-state index contributed by atoms with van der Waals surface area (Å²) in [7, 11) is -1.41. The fourth-order valence-corrected chi connectivity index (χ4v) is 4.67. The first-order chi connectivity index (χ1) is 12.0. The van der Waals surface area contributed by atoms with Crippen molar-refractivity contribution in [2.75, 3.05) is 32.4 Å². The van der Waals surface area contributed by atoms with Crippen LogP contribution in [0.2, 0.25) is 0 Å². The first-order valence-electron chi connectivity index (χ1n) is 8.44. The van der Waals surface area contributed by atoms with Crippen LogP contribution >= 0.6 is 0 Å². The summed E-state index contributed by atoms with van der Waals surface area (Å²) in [5.41, 5.74) is 1.55. The summed E-state index contributed by atoms with van der Waals surface area (Å²) in [5, 5.41) is 0. The van der Waals surface area contributed by atoms with Crippen LogP contribution in [0, 0.1) is 5.82 Å². The third-order valence-electron chi connectivity index (χ3n) is 4.78. The van der Waals surface area contributed by atoms with Gasteiger partial charge in [-0.25, -0.2) is 12.8 Å². The van der Waals surface area contributed by atoms with Crippen molar-refractivity contribution in [1.82, 2.24) is 9.21 Å². The van der Waals surface area contributed by atoms with E-state index in [2.05, 4.69) is 4.90 Å². The van der Waals surface area contributed by atoms with Gasteiger partial charge in [-0.2, -0.15) is 4.31 Å². The van der Waals surface area contributed by atoms with Gasteiger partial charge in [0.05, 0.1) is 5.75 Å². The number of aryl methyl sites for hydroxylation is 1. The Morgan fingerprint density at radius 1 is 1.04 bits per heavy atom. The maximum atomic E-state index is 13.7. The van der Waals surface area contributed by atoms with Gasteiger partial charge < -0.3 is 0 Å². The molecule has 0 spiro atoms. The zero-order chi connectivity index (χ0) is 17.9. The second kappa shape index (κ2) is 7.64. The van der Waals surface area contributed by atoms with Gasteiger partial charge >= 0.3 is 0 Å². The molecule has 0 saturated carbocycles. The molecule has 0 radical (unpaired) electrons. The van der Waals surface area contributed by atoms with Crippen molar-refractivity contribution in [1.29, 1.82) is 0 Å². The predicted molar refractivity (Wildman–Crippen MR) is 97.3 cm³/mol. The summed E-state index contributed by atoms with van der Waals surface area (Å²) in [6.45, 7) is 1.58. The zero-order valence-corrected chi connectivity index (χ0v) is 15.1. The highest BCUT2D eigenvalue weighted by atomic mass is 32.2. The average Bonchev–Trinajstić information content (AvgIpc) is 2.62. The molecule has 0 aromatic heterocycles. The lowest BCUT2D eigenvalue weighted by atomic mass is 10.0. The monoisotopic (exact) mass is 362 g/mol. The van der Waals surface area contributed by atoms with Gasteiger partial charge in [0.1, 0.15) is 5.82 Å². The van der Waals surface area contributed by atoms with Crippen LogP contribution < -0.4 is 0 Å². The van der Waals surface area contributed by atoms with E-state index < -0.39 is 10.0 Å². The van der Waals surface area contributed by atoms with Crippen molar-refractivity contribution < 1.29 is 12.8 Å². The van der Waals surface area contributed by atoms with Crippen LogP contribution in [-0.2, 0) is 16.4 Å². The van der Waals surface area contributed by atoms with Crippen LogP contribution in [0.5, 0.6) is 0 Å². The van der Waals surface area contributed by atoms with Gasteiger partial charge in [0.25, 0.3) is 0 Å². The van der Waals surface area contributed by atoms with Crippen LogP contribution in [0.15, 0.2) is 54.6 Å². The fraction of sp³-hybridized carbons (Fsp3) is 0.368. The Morgan fingerprint density at radius 2 is 1.72 bits per heavy atom. The van der Waals surface area contributed by atoms with E-state index in [0.717, 1.165) is 5.56 Å². The van der Waals surface area contributed by atoms with Gasteiger partial charge in [-0.1, -0.05) is 48.5 Å². The molecule has 3 rings (SSSR count). The number of likely N-dealkylation sites (N-methyl/N-ethyl adjacent to an activating group) is 1. The van der Waals surface area contributed by atoms with Gasteiger partial charge in [0.2, 0.25) is 10.0 Å². The van der Waals surface area contributed by atoms with E-state index in [9.17, 15) is 12.8 Å². The van der Waals surface area contributed by atoms with Gasteiger partial charge in [-0.05, 0) is 30.7 Å². The Labute approximate surface area is 148 Å². The smallest absolute Gasteiger partial charge is 0.214 e. The highest BCUT2D eigenvalue weighted by Gasteiger charge is 2.32. The molecule has 0 bridgehead atoms. The summed E-state index contributed by atoms with van der Waals surface area (Å²) in [4.78, 5) is 2.18. The molecule has 134 valence electrons. The number of benzene rings is 2. The minimum Gasteiger partial charge on any atom is -0.297 e. The normalized spacial score (nSPS) is 19.8. The molecular weight excluding hydrogens is 339 g/mol. The van der Waals surface area contributed by atoms with E-state index in [1.807, 2.05) is 37.4 Å². The van der Waals surface area contributed by atoms with E-state index in [1.54, 1.807) is 22.5 Å². The van der Waals surface area contributed by atoms with Crippen molar-refractivity contribution >= 4 is 10.0 Å². The molecular formula is C19H23FN2O2S. The molecule has 0 aliphatic carbocycles. The summed E-state index contributed by atoms with van der Waals surface area (Å²) >= 11 is 0. The standard InChI is InChI=1S/C19H23FN2O2S/c1-21-12-13-22(15-19(21)17-8-3-2-4-9-17)25(23,24)14-11-16-7-5-6-10-18(16)20/h2-10,19H,11-15H2,1H3. The largest absolute Gasteiger partial charge is 0.297 e. The topological polar surface area (TPSA) is 40.6 Å². The highest BCUT2D eigenvalue weighted by Crippen LogP contribution is 2.25. The molecule has 1 fully saturated rings. The minimum absolute atomic E-state index is 0.0400. The van der Waals surface area contributed by atoms with Crippen molar-refractivity contribution in [2.45, 2.75) is 12.5 Å². The molecule has 1 aliphatic heterocycles.